The predicted octanol–water partition coefficient (Wildman–Crippen LogP) is 6.86. The summed E-state index contributed by atoms with van der Waals surface area (Å²) in [4.78, 5) is 23.5. The van der Waals surface area contributed by atoms with Crippen LogP contribution in [0.4, 0.5) is 0 Å². The highest BCUT2D eigenvalue weighted by atomic mass is 16.6. The molecule has 0 aromatic rings. The molecule has 0 bridgehead atoms. The van der Waals surface area contributed by atoms with E-state index in [9.17, 15) is 9.59 Å². The SMILES string of the molecule is CC(C)CCCC(C)[C@H]1CCC2[C@@H]3CC(=O)O[C@](C)(CCCCC(=O)O)[C@H]3CC[C@@]21C. The van der Waals surface area contributed by atoms with Crippen LogP contribution in [-0.2, 0) is 14.3 Å². The number of esters is 1. The van der Waals surface area contributed by atoms with Gasteiger partial charge < -0.3 is 9.84 Å². The van der Waals surface area contributed by atoms with E-state index in [-0.39, 0.29) is 12.4 Å². The molecule has 7 atom stereocenters. The summed E-state index contributed by atoms with van der Waals surface area (Å²) >= 11 is 0. The first-order valence-electron chi connectivity index (χ1n) is 13.0. The molecular formula is C27H46O4. The molecule has 178 valence electrons. The van der Waals surface area contributed by atoms with Gasteiger partial charge in [-0.25, -0.2) is 0 Å². The first kappa shape index (κ1) is 24.6. The van der Waals surface area contributed by atoms with E-state index in [0.717, 1.165) is 37.0 Å². The third kappa shape index (κ3) is 5.30. The van der Waals surface area contributed by atoms with E-state index < -0.39 is 11.6 Å². The Labute approximate surface area is 189 Å². The van der Waals surface area contributed by atoms with Crippen LogP contribution in [0.15, 0.2) is 0 Å². The van der Waals surface area contributed by atoms with Crippen molar-refractivity contribution in [3.8, 4) is 0 Å². The molecule has 3 rings (SSSR count). The first-order valence-corrected chi connectivity index (χ1v) is 13.0. The summed E-state index contributed by atoms with van der Waals surface area (Å²) in [6.45, 7) is 11.8. The van der Waals surface area contributed by atoms with E-state index in [1.165, 1.54) is 38.5 Å². The lowest BCUT2D eigenvalue weighted by molar-refractivity contribution is -0.197. The molecule has 1 saturated heterocycles. The summed E-state index contributed by atoms with van der Waals surface area (Å²) in [5.41, 5.74) is -0.0545. The zero-order chi connectivity index (χ0) is 22.8. The Morgan fingerprint density at radius 3 is 2.48 bits per heavy atom. The first-order chi connectivity index (χ1) is 14.6. The van der Waals surface area contributed by atoms with Gasteiger partial charge in [0.15, 0.2) is 0 Å². The molecule has 2 saturated carbocycles. The second-order valence-electron chi connectivity index (χ2n) is 12.0. The fourth-order valence-corrected chi connectivity index (χ4v) is 7.91. The fourth-order valence-electron chi connectivity index (χ4n) is 7.91. The van der Waals surface area contributed by atoms with Crippen molar-refractivity contribution in [3.63, 3.8) is 0 Å². The number of cyclic esters (lactones) is 1. The lowest BCUT2D eigenvalue weighted by atomic mass is 9.52. The molecule has 4 nitrogen and oxygen atoms in total. The van der Waals surface area contributed by atoms with Crippen LogP contribution in [0.25, 0.3) is 0 Å². The normalized spacial score (nSPS) is 38.5. The molecule has 0 amide bonds. The third-order valence-electron chi connectivity index (χ3n) is 9.49. The van der Waals surface area contributed by atoms with E-state index in [4.69, 9.17) is 9.84 Å². The van der Waals surface area contributed by atoms with E-state index in [1.54, 1.807) is 0 Å². The number of rotatable bonds is 10. The Morgan fingerprint density at radius 1 is 1.06 bits per heavy atom. The summed E-state index contributed by atoms with van der Waals surface area (Å²) in [5.74, 6) is 3.08. The van der Waals surface area contributed by atoms with Crippen molar-refractivity contribution in [2.24, 2.45) is 40.9 Å². The van der Waals surface area contributed by atoms with Gasteiger partial charge in [-0.15, -0.1) is 0 Å². The molecule has 0 aromatic carbocycles. The van der Waals surface area contributed by atoms with Crippen LogP contribution < -0.4 is 0 Å². The fraction of sp³-hybridized carbons (Fsp3) is 0.926. The average Bonchev–Trinajstić information content (AvgIpc) is 3.02. The van der Waals surface area contributed by atoms with E-state index in [0.29, 0.717) is 36.0 Å². The summed E-state index contributed by atoms with van der Waals surface area (Å²) < 4.78 is 6.00. The highest BCUT2D eigenvalue weighted by Crippen LogP contribution is 2.64. The molecule has 1 heterocycles. The number of carboxylic acids is 1. The minimum atomic E-state index is -0.739. The lowest BCUT2D eigenvalue weighted by Crippen LogP contribution is -2.55. The van der Waals surface area contributed by atoms with Crippen LogP contribution in [0, 0.1) is 40.9 Å². The van der Waals surface area contributed by atoms with Gasteiger partial charge in [-0.3, -0.25) is 9.59 Å². The Morgan fingerprint density at radius 2 is 1.81 bits per heavy atom. The van der Waals surface area contributed by atoms with Gasteiger partial charge in [0.1, 0.15) is 5.60 Å². The van der Waals surface area contributed by atoms with Crippen LogP contribution in [0.3, 0.4) is 0 Å². The van der Waals surface area contributed by atoms with Gasteiger partial charge in [0.25, 0.3) is 0 Å². The highest BCUT2D eigenvalue weighted by Gasteiger charge is 2.60. The van der Waals surface area contributed by atoms with Crippen molar-refractivity contribution in [3.05, 3.63) is 0 Å². The zero-order valence-electron chi connectivity index (χ0n) is 20.6. The Bertz CT molecular complexity index is 643. The molecule has 3 aliphatic rings. The van der Waals surface area contributed by atoms with Gasteiger partial charge in [-0.1, -0.05) is 47.0 Å². The Kier molecular flexibility index (Phi) is 7.79. The van der Waals surface area contributed by atoms with Crippen molar-refractivity contribution in [1.29, 1.82) is 0 Å². The topological polar surface area (TPSA) is 63.6 Å². The van der Waals surface area contributed by atoms with Crippen molar-refractivity contribution in [1.82, 2.24) is 0 Å². The molecule has 2 unspecified atom stereocenters. The third-order valence-corrected chi connectivity index (χ3v) is 9.49. The number of carbonyl (C=O) groups is 2. The molecular weight excluding hydrogens is 388 g/mol. The molecule has 1 N–H and O–H groups in total. The van der Waals surface area contributed by atoms with Crippen molar-refractivity contribution in [2.45, 2.75) is 117 Å². The Hall–Kier alpha value is -1.06. The van der Waals surface area contributed by atoms with Crippen LogP contribution in [0.5, 0.6) is 0 Å². The summed E-state index contributed by atoms with van der Waals surface area (Å²) in [7, 11) is 0. The standard InChI is InChI=1S/C27H46O4/c1-18(2)9-8-10-19(3)21-12-13-22-20-17-25(30)31-27(5,15-7-6-11-24(28)29)23(20)14-16-26(21,22)4/h18-23H,6-17H2,1-5H3,(H,28,29)/t19?,20-,21+,22?,23-,26+,27+/m0/s1. The smallest absolute Gasteiger partial charge is 0.306 e. The predicted molar refractivity (Wildman–Crippen MR) is 124 cm³/mol. The van der Waals surface area contributed by atoms with Crippen molar-refractivity contribution >= 4 is 11.9 Å². The monoisotopic (exact) mass is 434 g/mol. The summed E-state index contributed by atoms with van der Waals surface area (Å²) in [5, 5.41) is 8.94. The Balaban J connectivity index is 1.68. The molecule has 2 aliphatic carbocycles. The van der Waals surface area contributed by atoms with Crippen molar-refractivity contribution in [2.75, 3.05) is 0 Å². The van der Waals surface area contributed by atoms with Crippen LogP contribution >= 0.6 is 0 Å². The minimum absolute atomic E-state index is 0.0281. The number of hydrogen-bond donors (Lipinski definition) is 1. The van der Waals surface area contributed by atoms with Gasteiger partial charge in [-0.05, 0) is 86.9 Å². The van der Waals surface area contributed by atoms with E-state index in [1.807, 2.05) is 0 Å². The van der Waals surface area contributed by atoms with E-state index in [2.05, 4.69) is 34.6 Å². The maximum Gasteiger partial charge on any atom is 0.306 e. The molecule has 0 aromatic heterocycles. The largest absolute Gasteiger partial charge is 0.481 e. The zero-order valence-corrected chi connectivity index (χ0v) is 20.6. The summed E-state index contributed by atoms with van der Waals surface area (Å²) in [6.07, 6.45) is 12.0. The van der Waals surface area contributed by atoms with Gasteiger partial charge in [-0.2, -0.15) is 0 Å². The molecule has 1 aliphatic heterocycles. The molecule has 0 spiro atoms. The molecule has 3 fully saturated rings. The van der Waals surface area contributed by atoms with Gasteiger partial charge in [0.05, 0.1) is 0 Å². The second-order valence-corrected chi connectivity index (χ2v) is 12.0. The molecule has 4 heteroatoms. The number of aliphatic carboxylic acids is 1. The van der Waals surface area contributed by atoms with Crippen LogP contribution in [0.1, 0.15) is 112 Å². The maximum absolute atomic E-state index is 12.7. The highest BCUT2D eigenvalue weighted by molar-refractivity contribution is 5.71. The van der Waals surface area contributed by atoms with Gasteiger partial charge in [0.2, 0.25) is 0 Å². The molecule has 31 heavy (non-hydrogen) atoms. The number of fused-ring (bicyclic) bond motifs is 3. The lowest BCUT2D eigenvalue weighted by Gasteiger charge is -2.56. The minimum Gasteiger partial charge on any atom is -0.481 e. The number of unbranched alkanes of at least 4 members (excludes halogenated alkanes) is 1. The van der Waals surface area contributed by atoms with Gasteiger partial charge >= 0.3 is 11.9 Å². The number of hydrogen-bond acceptors (Lipinski definition) is 3. The van der Waals surface area contributed by atoms with E-state index >= 15 is 0 Å². The van der Waals surface area contributed by atoms with Crippen LogP contribution in [0.2, 0.25) is 0 Å². The number of carbonyl (C=O) groups excluding carboxylic acids is 1. The maximum atomic E-state index is 12.7. The quantitative estimate of drug-likeness (QED) is 0.301. The van der Waals surface area contributed by atoms with Crippen LogP contribution in [-0.4, -0.2) is 22.6 Å². The van der Waals surface area contributed by atoms with Gasteiger partial charge in [0, 0.05) is 18.8 Å². The number of carboxylic acid groups (broad SMARTS) is 1. The molecule has 0 radical (unpaired) electrons. The van der Waals surface area contributed by atoms with Crippen molar-refractivity contribution < 1.29 is 19.4 Å². The average molecular weight is 435 g/mol. The number of ether oxygens (including phenoxy) is 1. The summed E-state index contributed by atoms with van der Waals surface area (Å²) in [6, 6.07) is 0. The second kappa shape index (κ2) is 9.83.